The molecule has 0 amide bonds. The van der Waals surface area contributed by atoms with Crippen LogP contribution in [-0.2, 0) is 0 Å². The number of anilines is 1. The molecule has 0 spiro atoms. The molecular weight excluding hydrogens is 242 g/mol. The zero-order valence-corrected chi connectivity index (χ0v) is 11.3. The fourth-order valence-corrected chi connectivity index (χ4v) is 2.63. The topological polar surface area (TPSA) is 58.4 Å². The van der Waals surface area contributed by atoms with Crippen LogP contribution in [0.4, 0.5) is 11.4 Å². The summed E-state index contributed by atoms with van der Waals surface area (Å²) < 4.78 is 0. The highest BCUT2D eigenvalue weighted by molar-refractivity contribution is 5.63. The monoisotopic (exact) mass is 263 g/mol. The Labute approximate surface area is 113 Å². The van der Waals surface area contributed by atoms with E-state index < -0.39 is 0 Å². The fraction of sp³-hybridized carbons (Fsp3) is 0.571. The predicted octanol–water partition coefficient (Wildman–Crippen LogP) is 2.56. The van der Waals surface area contributed by atoms with E-state index >= 15 is 0 Å². The summed E-state index contributed by atoms with van der Waals surface area (Å²) >= 11 is 0. The van der Waals surface area contributed by atoms with Crippen molar-refractivity contribution in [2.24, 2.45) is 0 Å². The summed E-state index contributed by atoms with van der Waals surface area (Å²) in [6, 6.07) is 7.43. The summed E-state index contributed by atoms with van der Waals surface area (Å²) in [7, 11) is 0. The van der Waals surface area contributed by atoms with Gasteiger partial charge in [0.1, 0.15) is 5.69 Å². The van der Waals surface area contributed by atoms with Gasteiger partial charge in [-0.1, -0.05) is 18.6 Å². The number of nitrogens with one attached hydrogen (secondary N) is 1. The zero-order valence-electron chi connectivity index (χ0n) is 11.3. The molecule has 0 bridgehead atoms. The smallest absolute Gasteiger partial charge is 0.292 e. The van der Waals surface area contributed by atoms with Crippen molar-refractivity contribution in [2.75, 3.05) is 24.5 Å². The molecule has 1 heterocycles. The van der Waals surface area contributed by atoms with Crippen molar-refractivity contribution in [1.82, 2.24) is 5.32 Å². The first-order valence-electron chi connectivity index (χ1n) is 6.94. The lowest BCUT2D eigenvalue weighted by atomic mass is 10.0. The van der Waals surface area contributed by atoms with Crippen molar-refractivity contribution in [2.45, 2.75) is 32.2 Å². The molecule has 1 aromatic rings. The van der Waals surface area contributed by atoms with Gasteiger partial charge in [-0.15, -0.1) is 0 Å². The molecule has 1 unspecified atom stereocenters. The third-order valence-corrected chi connectivity index (χ3v) is 3.65. The van der Waals surface area contributed by atoms with Gasteiger partial charge in [0.2, 0.25) is 0 Å². The van der Waals surface area contributed by atoms with E-state index in [1.54, 1.807) is 12.1 Å². The van der Waals surface area contributed by atoms with Gasteiger partial charge >= 0.3 is 0 Å². The summed E-state index contributed by atoms with van der Waals surface area (Å²) in [4.78, 5) is 12.9. The molecule has 1 atom stereocenters. The van der Waals surface area contributed by atoms with Crippen molar-refractivity contribution >= 4 is 11.4 Å². The number of para-hydroxylation sites is 2. The Hall–Kier alpha value is -1.62. The summed E-state index contributed by atoms with van der Waals surface area (Å²) in [5, 5.41) is 14.6. The maximum atomic E-state index is 11.1. The summed E-state index contributed by atoms with van der Waals surface area (Å²) in [5.41, 5.74) is 0.919. The molecule has 1 N–H and O–H groups in total. The van der Waals surface area contributed by atoms with E-state index in [1.165, 1.54) is 12.8 Å². The zero-order chi connectivity index (χ0) is 13.7. The molecule has 1 aromatic carbocycles. The number of nitrogens with zero attached hydrogens (tertiary/aromatic N) is 2. The van der Waals surface area contributed by atoms with E-state index in [0.29, 0.717) is 6.04 Å². The Bertz CT molecular complexity index is 430. The van der Waals surface area contributed by atoms with Crippen LogP contribution in [0.25, 0.3) is 0 Å². The van der Waals surface area contributed by atoms with Crippen LogP contribution in [0.2, 0.25) is 0 Å². The van der Waals surface area contributed by atoms with Crippen LogP contribution < -0.4 is 10.2 Å². The van der Waals surface area contributed by atoms with Gasteiger partial charge in [-0.2, -0.15) is 0 Å². The van der Waals surface area contributed by atoms with Gasteiger partial charge in [-0.3, -0.25) is 10.1 Å². The van der Waals surface area contributed by atoms with Gasteiger partial charge in [-0.25, -0.2) is 0 Å². The van der Waals surface area contributed by atoms with Crippen LogP contribution in [-0.4, -0.2) is 30.6 Å². The quantitative estimate of drug-likeness (QED) is 0.655. The molecule has 1 saturated heterocycles. The second-order valence-electron chi connectivity index (χ2n) is 4.93. The largest absolute Gasteiger partial charge is 0.365 e. The molecule has 0 aromatic heterocycles. The molecule has 104 valence electrons. The molecule has 5 nitrogen and oxygen atoms in total. The van der Waals surface area contributed by atoms with Gasteiger partial charge in [0.15, 0.2) is 0 Å². The van der Waals surface area contributed by atoms with E-state index in [0.717, 1.165) is 31.7 Å². The lowest BCUT2D eigenvalue weighted by Crippen LogP contribution is -2.43. The highest BCUT2D eigenvalue weighted by atomic mass is 16.6. The van der Waals surface area contributed by atoms with Crippen LogP contribution in [0.5, 0.6) is 0 Å². The maximum Gasteiger partial charge on any atom is 0.292 e. The SMILES string of the molecule is CCN(CC1CCCCN1)c1ccccc1[N+](=O)[O-]. The van der Waals surface area contributed by atoms with Crippen molar-refractivity contribution in [1.29, 1.82) is 0 Å². The molecule has 2 rings (SSSR count). The average Bonchev–Trinajstić information content (AvgIpc) is 2.46. The van der Waals surface area contributed by atoms with Crippen LogP contribution in [0, 0.1) is 10.1 Å². The number of likely N-dealkylation sites (N-methyl/N-ethyl adjacent to an activating group) is 1. The average molecular weight is 263 g/mol. The first kappa shape index (κ1) is 13.8. The summed E-state index contributed by atoms with van der Waals surface area (Å²) in [5.74, 6) is 0. The van der Waals surface area contributed by atoms with E-state index in [4.69, 9.17) is 0 Å². The third kappa shape index (κ3) is 3.44. The number of piperidine rings is 1. The van der Waals surface area contributed by atoms with E-state index in [9.17, 15) is 10.1 Å². The number of hydrogen-bond donors (Lipinski definition) is 1. The van der Waals surface area contributed by atoms with Crippen molar-refractivity contribution in [3.05, 3.63) is 34.4 Å². The Balaban J connectivity index is 2.14. The number of rotatable bonds is 5. The molecule has 0 saturated carbocycles. The maximum absolute atomic E-state index is 11.1. The Morgan fingerprint density at radius 3 is 2.84 bits per heavy atom. The molecular formula is C14H21N3O2. The molecule has 1 aliphatic rings. The minimum Gasteiger partial charge on any atom is -0.365 e. The molecule has 1 aliphatic heterocycles. The van der Waals surface area contributed by atoms with Crippen LogP contribution >= 0.6 is 0 Å². The van der Waals surface area contributed by atoms with Crippen molar-refractivity contribution in [3.63, 3.8) is 0 Å². The number of nitro groups is 1. The molecule has 19 heavy (non-hydrogen) atoms. The second-order valence-corrected chi connectivity index (χ2v) is 4.93. The number of nitro benzene ring substituents is 1. The molecule has 5 heteroatoms. The van der Waals surface area contributed by atoms with Crippen LogP contribution in [0.3, 0.4) is 0 Å². The molecule has 1 fully saturated rings. The van der Waals surface area contributed by atoms with Crippen molar-refractivity contribution < 1.29 is 4.92 Å². The van der Waals surface area contributed by atoms with E-state index in [-0.39, 0.29) is 10.6 Å². The molecule has 0 aliphatic carbocycles. The lowest BCUT2D eigenvalue weighted by molar-refractivity contribution is -0.384. The number of benzene rings is 1. The first-order valence-corrected chi connectivity index (χ1v) is 6.94. The van der Waals surface area contributed by atoms with Gasteiger partial charge in [0.05, 0.1) is 4.92 Å². The Kier molecular flexibility index (Phi) is 4.74. The summed E-state index contributed by atoms with van der Waals surface area (Å²) in [6.07, 6.45) is 3.62. The molecule has 0 radical (unpaired) electrons. The van der Waals surface area contributed by atoms with Crippen molar-refractivity contribution in [3.8, 4) is 0 Å². The standard InChI is InChI=1S/C14H21N3O2/c1-2-16(11-12-7-5-6-10-15-12)13-8-3-4-9-14(13)17(18)19/h3-4,8-9,12,15H,2,5-7,10-11H2,1H3. The second kappa shape index (κ2) is 6.52. The highest BCUT2D eigenvalue weighted by Crippen LogP contribution is 2.28. The Morgan fingerprint density at radius 2 is 2.21 bits per heavy atom. The van der Waals surface area contributed by atoms with Gasteiger partial charge in [-0.05, 0) is 32.4 Å². The first-order chi connectivity index (χ1) is 9.22. The number of hydrogen-bond acceptors (Lipinski definition) is 4. The van der Waals surface area contributed by atoms with Gasteiger partial charge in [0, 0.05) is 25.2 Å². The van der Waals surface area contributed by atoms with Crippen LogP contribution in [0.15, 0.2) is 24.3 Å². The van der Waals surface area contributed by atoms with E-state index in [1.807, 2.05) is 19.1 Å². The Morgan fingerprint density at radius 1 is 1.42 bits per heavy atom. The predicted molar refractivity (Wildman–Crippen MR) is 76.6 cm³/mol. The summed E-state index contributed by atoms with van der Waals surface area (Å²) in [6.45, 7) is 4.71. The normalized spacial score (nSPS) is 19.1. The van der Waals surface area contributed by atoms with Crippen LogP contribution in [0.1, 0.15) is 26.2 Å². The minimum atomic E-state index is -0.299. The third-order valence-electron chi connectivity index (χ3n) is 3.65. The minimum absolute atomic E-state index is 0.195. The van der Waals surface area contributed by atoms with Gasteiger partial charge < -0.3 is 10.2 Å². The lowest BCUT2D eigenvalue weighted by Gasteiger charge is -2.31. The van der Waals surface area contributed by atoms with Gasteiger partial charge in [0.25, 0.3) is 5.69 Å². The van der Waals surface area contributed by atoms with E-state index in [2.05, 4.69) is 10.2 Å². The highest BCUT2D eigenvalue weighted by Gasteiger charge is 2.21. The fourth-order valence-electron chi connectivity index (χ4n) is 2.63.